The molecule has 0 unspecified atom stereocenters. The number of hydrogen-bond acceptors (Lipinski definition) is 9. The van der Waals surface area contributed by atoms with E-state index < -0.39 is 0 Å². The smallest absolute Gasteiger partial charge is 0.258 e. The van der Waals surface area contributed by atoms with E-state index in [-0.39, 0.29) is 0 Å². The molecule has 0 amide bonds. The van der Waals surface area contributed by atoms with Crippen LogP contribution in [0.15, 0.2) is 75.0 Å². The zero-order valence-electron chi connectivity index (χ0n) is 18.5. The summed E-state index contributed by atoms with van der Waals surface area (Å²) in [6, 6.07) is 17.6. The lowest BCUT2D eigenvalue weighted by Crippen LogP contribution is -2.00. The third kappa shape index (κ3) is 4.68. The minimum Gasteiger partial charge on any atom is -0.497 e. The minimum atomic E-state index is 0.491. The number of ether oxygens (including phenoxy) is 2. The topological polar surface area (TPSA) is 88.1 Å². The highest BCUT2D eigenvalue weighted by Crippen LogP contribution is 2.31. The van der Waals surface area contributed by atoms with Gasteiger partial charge in [-0.25, -0.2) is 0 Å². The Morgan fingerprint density at radius 1 is 0.971 bits per heavy atom. The zero-order valence-corrected chi connectivity index (χ0v) is 20.2. The summed E-state index contributed by atoms with van der Waals surface area (Å²) in [6.45, 7) is 2.58. The molecule has 0 aliphatic rings. The monoisotopic (exact) mass is 491 g/mol. The molecule has 0 fully saturated rings. The van der Waals surface area contributed by atoms with Crippen molar-refractivity contribution < 1.29 is 14.0 Å². The molecule has 0 spiro atoms. The molecule has 8 nitrogen and oxygen atoms in total. The van der Waals surface area contributed by atoms with Gasteiger partial charge in [0, 0.05) is 16.6 Å². The number of nitrogens with zero attached hydrogens (tertiary/aromatic N) is 5. The molecule has 172 valence electrons. The fourth-order valence-electron chi connectivity index (χ4n) is 3.33. The van der Waals surface area contributed by atoms with Crippen LogP contribution in [0.2, 0.25) is 0 Å². The minimum absolute atomic E-state index is 0.491. The quantitative estimate of drug-likeness (QED) is 0.241. The van der Waals surface area contributed by atoms with Crippen molar-refractivity contribution in [2.45, 2.75) is 17.8 Å². The maximum atomic E-state index is 5.60. The molecule has 3 aromatic heterocycles. The van der Waals surface area contributed by atoms with Crippen LogP contribution >= 0.6 is 23.1 Å². The maximum Gasteiger partial charge on any atom is 0.258 e. The van der Waals surface area contributed by atoms with Crippen molar-refractivity contribution in [3.05, 3.63) is 71.2 Å². The van der Waals surface area contributed by atoms with Crippen LogP contribution in [0.1, 0.15) is 12.7 Å². The summed E-state index contributed by atoms with van der Waals surface area (Å²) in [4.78, 5) is 4.51. The van der Waals surface area contributed by atoms with Crippen molar-refractivity contribution in [1.82, 2.24) is 24.9 Å². The first-order valence-electron chi connectivity index (χ1n) is 10.6. The molecule has 0 atom stereocenters. The molecule has 5 aromatic rings. The van der Waals surface area contributed by atoms with Crippen LogP contribution in [0.5, 0.6) is 11.5 Å². The lowest BCUT2D eigenvalue weighted by molar-refractivity contribution is 0.340. The predicted octanol–water partition coefficient (Wildman–Crippen LogP) is 5.75. The molecule has 0 radical (unpaired) electrons. The summed E-state index contributed by atoms with van der Waals surface area (Å²) >= 11 is 3.08. The van der Waals surface area contributed by atoms with E-state index in [9.17, 15) is 0 Å². The van der Waals surface area contributed by atoms with Gasteiger partial charge in [-0.15, -0.1) is 10.2 Å². The van der Waals surface area contributed by atoms with Crippen LogP contribution in [0.25, 0.3) is 28.5 Å². The molecule has 5 rings (SSSR count). The van der Waals surface area contributed by atoms with Gasteiger partial charge in [0.1, 0.15) is 11.5 Å². The van der Waals surface area contributed by atoms with Gasteiger partial charge in [-0.05, 0) is 66.9 Å². The van der Waals surface area contributed by atoms with Gasteiger partial charge < -0.3 is 14.0 Å². The molecule has 0 saturated carbocycles. The second kappa shape index (κ2) is 10.1. The number of aromatic nitrogens is 5. The number of thioether (sulfide) groups is 1. The van der Waals surface area contributed by atoms with E-state index in [0.29, 0.717) is 24.1 Å². The molecule has 0 bridgehead atoms. The first-order chi connectivity index (χ1) is 16.7. The number of benzene rings is 2. The maximum absolute atomic E-state index is 5.60. The molecule has 0 aliphatic carbocycles. The van der Waals surface area contributed by atoms with E-state index in [1.807, 2.05) is 76.8 Å². The Labute approximate surface area is 204 Å². The summed E-state index contributed by atoms with van der Waals surface area (Å²) < 4.78 is 18.3. The van der Waals surface area contributed by atoms with Gasteiger partial charge in [-0.3, -0.25) is 4.57 Å². The van der Waals surface area contributed by atoms with Crippen molar-refractivity contribution in [1.29, 1.82) is 0 Å². The molecular formula is C24H21N5O3S2. The van der Waals surface area contributed by atoms with E-state index in [2.05, 4.69) is 20.3 Å². The van der Waals surface area contributed by atoms with Crippen LogP contribution < -0.4 is 9.47 Å². The number of hydrogen-bond donors (Lipinski definition) is 0. The molecule has 0 N–H and O–H groups in total. The van der Waals surface area contributed by atoms with Crippen molar-refractivity contribution in [2.75, 3.05) is 13.7 Å². The fourth-order valence-corrected chi connectivity index (χ4v) is 4.75. The third-order valence-corrected chi connectivity index (χ3v) is 6.56. The highest BCUT2D eigenvalue weighted by atomic mass is 32.2. The normalized spacial score (nSPS) is 11.0. The zero-order chi connectivity index (χ0) is 23.3. The van der Waals surface area contributed by atoms with Crippen molar-refractivity contribution in [3.63, 3.8) is 0 Å². The third-order valence-electron chi connectivity index (χ3n) is 4.95. The van der Waals surface area contributed by atoms with Crippen LogP contribution in [-0.4, -0.2) is 38.6 Å². The van der Waals surface area contributed by atoms with Gasteiger partial charge in [0.05, 0.1) is 25.0 Å². The first kappa shape index (κ1) is 22.2. The average molecular weight is 492 g/mol. The van der Waals surface area contributed by atoms with Gasteiger partial charge in [-0.2, -0.15) is 16.3 Å². The Hall–Kier alpha value is -3.63. The molecule has 2 aromatic carbocycles. The Bertz CT molecular complexity index is 1350. The largest absolute Gasteiger partial charge is 0.497 e. The van der Waals surface area contributed by atoms with E-state index in [4.69, 9.17) is 14.0 Å². The summed E-state index contributed by atoms with van der Waals surface area (Å²) in [5, 5.41) is 17.8. The summed E-state index contributed by atoms with van der Waals surface area (Å²) in [6.07, 6.45) is 0. The molecule has 0 aliphatic heterocycles. The lowest BCUT2D eigenvalue weighted by Gasteiger charge is -2.11. The molecule has 34 heavy (non-hydrogen) atoms. The SMILES string of the molecule is CCOc1ccc(-n2c(SCc3noc(-c4ccsc4)n3)nnc2-c2ccc(OC)cc2)cc1. The second-order valence-corrected chi connectivity index (χ2v) is 8.84. The van der Waals surface area contributed by atoms with E-state index in [1.54, 1.807) is 18.4 Å². The number of thiophene rings is 1. The van der Waals surface area contributed by atoms with Gasteiger partial charge in [0.2, 0.25) is 0 Å². The first-order valence-corrected chi connectivity index (χ1v) is 12.5. The van der Waals surface area contributed by atoms with E-state index in [0.717, 1.165) is 39.3 Å². The Morgan fingerprint density at radius 3 is 2.47 bits per heavy atom. The van der Waals surface area contributed by atoms with Crippen LogP contribution in [0.3, 0.4) is 0 Å². The highest BCUT2D eigenvalue weighted by molar-refractivity contribution is 7.98. The van der Waals surface area contributed by atoms with Crippen molar-refractivity contribution in [2.24, 2.45) is 0 Å². The lowest BCUT2D eigenvalue weighted by atomic mass is 10.2. The molecule has 0 saturated heterocycles. The van der Waals surface area contributed by atoms with Gasteiger partial charge in [0.15, 0.2) is 16.8 Å². The van der Waals surface area contributed by atoms with E-state index >= 15 is 0 Å². The summed E-state index contributed by atoms with van der Waals surface area (Å²) in [7, 11) is 1.65. The Kier molecular flexibility index (Phi) is 6.59. The van der Waals surface area contributed by atoms with Crippen LogP contribution in [-0.2, 0) is 5.75 Å². The molecular weight excluding hydrogens is 470 g/mol. The Balaban J connectivity index is 1.45. The predicted molar refractivity (Wildman–Crippen MR) is 132 cm³/mol. The number of rotatable bonds is 9. The summed E-state index contributed by atoms with van der Waals surface area (Å²) in [5.41, 5.74) is 2.77. The second-order valence-electron chi connectivity index (χ2n) is 7.11. The van der Waals surface area contributed by atoms with E-state index in [1.165, 1.54) is 11.8 Å². The van der Waals surface area contributed by atoms with Crippen LogP contribution in [0, 0.1) is 0 Å². The average Bonchev–Trinajstić information content (AvgIpc) is 3.64. The van der Waals surface area contributed by atoms with Crippen molar-refractivity contribution >= 4 is 23.1 Å². The van der Waals surface area contributed by atoms with Gasteiger partial charge >= 0.3 is 0 Å². The van der Waals surface area contributed by atoms with Gasteiger partial charge in [-0.1, -0.05) is 16.9 Å². The van der Waals surface area contributed by atoms with Crippen molar-refractivity contribution in [3.8, 4) is 40.0 Å². The molecule has 10 heteroatoms. The van der Waals surface area contributed by atoms with Gasteiger partial charge in [0.25, 0.3) is 5.89 Å². The van der Waals surface area contributed by atoms with Crippen LogP contribution in [0.4, 0.5) is 0 Å². The standard InChI is InChI=1S/C24H21N5O3S2/c1-3-31-20-10-6-18(7-11-20)29-22(16-4-8-19(30-2)9-5-16)26-27-24(29)34-15-21-25-23(32-28-21)17-12-13-33-14-17/h4-14H,3,15H2,1-2H3. The summed E-state index contributed by atoms with van der Waals surface area (Å²) in [5.74, 6) is 3.92. The molecule has 3 heterocycles. The number of methoxy groups -OCH3 is 1. The highest BCUT2D eigenvalue weighted by Gasteiger charge is 2.18. The fraction of sp³-hybridized carbons (Fsp3) is 0.167. The Morgan fingerprint density at radius 2 is 1.76 bits per heavy atom.